The number of hydrogen-bond donors (Lipinski definition) is 2. The summed E-state index contributed by atoms with van der Waals surface area (Å²) in [5.74, 6) is 0.0135. The average Bonchev–Trinajstić information content (AvgIpc) is 2.88. The molecule has 1 saturated carbocycles. The van der Waals surface area contributed by atoms with Gasteiger partial charge in [-0.05, 0) is 68.1 Å². The zero-order valence-electron chi connectivity index (χ0n) is 20.9. The number of carbonyl (C=O) groups is 1. The van der Waals surface area contributed by atoms with Crippen LogP contribution in [-0.2, 0) is 0 Å². The van der Waals surface area contributed by atoms with Crippen LogP contribution in [0.1, 0.15) is 41.6 Å². The number of halogens is 1. The SMILES string of the molecule is CN(c1ccc(C#N)c(Cl)c1)[C@H]1CC[C@H](NC(=O)c2ccc(N3CCN(C4CNC4)CC3)cc2)CC1. The Morgan fingerprint density at radius 3 is 2.33 bits per heavy atom. The van der Waals surface area contributed by atoms with Gasteiger partial charge in [0, 0.05) is 81.4 Å². The smallest absolute Gasteiger partial charge is 0.251 e. The molecule has 5 rings (SSSR count). The van der Waals surface area contributed by atoms with Crippen molar-refractivity contribution in [1.82, 2.24) is 15.5 Å². The zero-order valence-corrected chi connectivity index (χ0v) is 21.7. The largest absolute Gasteiger partial charge is 0.372 e. The number of anilines is 2. The molecular formula is C28H35ClN6O. The van der Waals surface area contributed by atoms with Crippen LogP contribution < -0.4 is 20.4 Å². The molecule has 0 radical (unpaired) electrons. The Morgan fingerprint density at radius 1 is 1.06 bits per heavy atom. The first-order chi connectivity index (χ1) is 17.5. The van der Waals surface area contributed by atoms with Gasteiger partial charge in [0.05, 0.1) is 10.6 Å². The maximum absolute atomic E-state index is 12.9. The lowest BCUT2D eigenvalue weighted by molar-refractivity contribution is 0.0926. The standard InChI is InChI=1S/C28H35ClN6O/c1-33(25-9-4-21(17-30)27(29)16-25)23-10-5-22(6-11-23)32-28(36)20-2-7-24(8-3-20)34-12-14-35(15-13-34)26-18-31-19-26/h2-4,7-9,16,22-23,26,31H,5-6,10-15,18-19H2,1H3,(H,32,36)/t22-,23-. The monoisotopic (exact) mass is 506 g/mol. The highest BCUT2D eigenvalue weighted by molar-refractivity contribution is 6.32. The maximum Gasteiger partial charge on any atom is 0.251 e. The van der Waals surface area contributed by atoms with Crippen LogP contribution in [0, 0.1) is 11.3 Å². The van der Waals surface area contributed by atoms with Gasteiger partial charge in [-0.25, -0.2) is 0 Å². The van der Waals surface area contributed by atoms with Gasteiger partial charge in [0.25, 0.3) is 5.91 Å². The molecule has 0 spiro atoms. The molecule has 2 N–H and O–H groups in total. The summed E-state index contributed by atoms with van der Waals surface area (Å²) in [6.07, 6.45) is 3.90. The topological polar surface area (TPSA) is 74.6 Å². The summed E-state index contributed by atoms with van der Waals surface area (Å²) >= 11 is 6.23. The Labute approximate surface area is 219 Å². The lowest BCUT2D eigenvalue weighted by atomic mass is 9.90. The van der Waals surface area contributed by atoms with E-state index >= 15 is 0 Å². The molecule has 2 aliphatic heterocycles. The molecule has 8 heteroatoms. The molecule has 2 aromatic rings. The fraction of sp³-hybridized carbons (Fsp3) is 0.500. The second kappa shape index (κ2) is 11.1. The Bertz CT molecular complexity index is 1100. The molecule has 3 fully saturated rings. The molecule has 0 unspecified atom stereocenters. The molecule has 190 valence electrons. The van der Waals surface area contributed by atoms with Crippen LogP contribution in [0.2, 0.25) is 5.02 Å². The van der Waals surface area contributed by atoms with Crippen LogP contribution in [0.5, 0.6) is 0 Å². The van der Waals surface area contributed by atoms with Crippen LogP contribution in [0.4, 0.5) is 11.4 Å². The quantitative estimate of drug-likeness (QED) is 0.625. The van der Waals surface area contributed by atoms with Crippen LogP contribution in [0.25, 0.3) is 0 Å². The van der Waals surface area contributed by atoms with Crippen molar-refractivity contribution < 1.29 is 4.79 Å². The van der Waals surface area contributed by atoms with Gasteiger partial charge in [-0.2, -0.15) is 5.26 Å². The molecule has 2 aromatic carbocycles. The van der Waals surface area contributed by atoms with Crippen LogP contribution in [0.3, 0.4) is 0 Å². The molecule has 0 aromatic heterocycles. The first kappa shape index (κ1) is 24.9. The first-order valence-electron chi connectivity index (χ1n) is 13.0. The summed E-state index contributed by atoms with van der Waals surface area (Å²) in [4.78, 5) is 20.2. The van der Waals surface area contributed by atoms with E-state index in [1.165, 1.54) is 5.69 Å². The summed E-state index contributed by atoms with van der Waals surface area (Å²) in [6.45, 7) is 6.51. The van der Waals surface area contributed by atoms with Crippen molar-refractivity contribution in [3.63, 3.8) is 0 Å². The summed E-state index contributed by atoms with van der Waals surface area (Å²) in [5.41, 5.74) is 3.44. The third kappa shape index (κ3) is 5.46. The average molecular weight is 507 g/mol. The van der Waals surface area contributed by atoms with E-state index in [9.17, 15) is 4.79 Å². The molecule has 0 atom stereocenters. The highest BCUT2D eigenvalue weighted by atomic mass is 35.5. The van der Waals surface area contributed by atoms with E-state index in [2.05, 4.69) is 50.6 Å². The molecule has 1 amide bonds. The van der Waals surface area contributed by atoms with Gasteiger partial charge in [0.2, 0.25) is 0 Å². The second-order valence-corrected chi connectivity index (χ2v) is 10.7. The van der Waals surface area contributed by atoms with Crippen molar-refractivity contribution in [3.8, 4) is 6.07 Å². The molecular weight excluding hydrogens is 472 g/mol. The van der Waals surface area contributed by atoms with E-state index in [1.54, 1.807) is 6.07 Å². The number of rotatable bonds is 6. The van der Waals surface area contributed by atoms with Crippen molar-refractivity contribution in [3.05, 3.63) is 58.6 Å². The molecule has 2 heterocycles. The van der Waals surface area contributed by atoms with Crippen molar-refractivity contribution in [2.24, 2.45) is 0 Å². The number of benzene rings is 2. The summed E-state index contributed by atoms with van der Waals surface area (Å²) < 4.78 is 0. The van der Waals surface area contributed by atoms with Gasteiger partial charge in [-0.3, -0.25) is 9.69 Å². The minimum Gasteiger partial charge on any atom is -0.372 e. The molecule has 1 aliphatic carbocycles. The third-order valence-corrected chi connectivity index (χ3v) is 8.46. The lowest BCUT2D eigenvalue weighted by Crippen LogP contribution is -2.61. The fourth-order valence-corrected chi connectivity index (χ4v) is 5.82. The Hall–Kier alpha value is -2.79. The molecule has 3 aliphatic rings. The van der Waals surface area contributed by atoms with Crippen LogP contribution in [0.15, 0.2) is 42.5 Å². The molecule has 0 bridgehead atoms. The van der Waals surface area contributed by atoms with Gasteiger partial charge in [0.1, 0.15) is 6.07 Å². The highest BCUT2D eigenvalue weighted by Gasteiger charge is 2.28. The van der Waals surface area contributed by atoms with Crippen molar-refractivity contribution >= 4 is 28.9 Å². The van der Waals surface area contributed by atoms with Crippen LogP contribution in [-0.4, -0.2) is 75.2 Å². The number of nitriles is 1. The Morgan fingerprint density at radius 2 is 1.75 bits per heavy atom. The predicted molar refractivity (Wildman–Crippen MR) is 145 cm³/mol. The first-order valence-corrected chi connectivity index (χ1v) is 13.4. The highest BCUT2D eigenvalue weighted by Crippen LogP contribution is 2.29. The van der Waals surface area contributed by atoms with E-state index < -0.39 is 0 Å². The normalized spacial score (nSPS) is 23.0. The van der Waals surface area contributed by atoms with Gasteiger partial charge in [-0.1, -0.05) is 11.6 Å². The third-order valence-electron chi connectivity index (χ3n) is 8.15. The summed E-state index contributed by atoms with van der Waals surface area (Å²) in [7, 11) is 2.08. The van der Waals surface area contributed by atoms with E-state index in [0.29, 0.717) is 22.7 Å². The van der Waals surface area contributed by atoms with Gasteiger partial charge in [-0.15, -0.1) is 0 Å². The lowest BCUT2D eigenvalue weighted by Gasteiger charge is -2.43. The minimum absolute atomic E-state index is 0.0135. The number of nitrogens with zero attached hydrogens (tertiary/aromatic N) is 4. The molecule has 2 saturated heterocycles. The van der Waals surface area contributed by atoms with Crippen molar-refractivity contribution in [1.29, 1.82) is 5.26 Å². The van der Waals surface area contributed by atoms with E-state index in [0.717, 1.165) is 76.2 Å². The van der Waals surface area contributed by atoms with E-state index in [-0.39, 0.29) is 11.9 Å². The van der Waals surface area contributed by atoms with Gasteiger partial charge in [0.15, 0.2) is 0 Å². The number of carbonyl (C=O) groups excluding carboxylic acids is 1. The van der Waals surface area contributed by atoms with Crippen molar-refractivity contribution in [2.75, 3.05) is 56.1 Å². The predicted octanol–water partition coefficient (Wildman–Crippen LogP) is 3.48. The van der Waals surface area contributed by atoms with Crippen molar-refractivity contribution in [2.45, 2.75) is 43.8 Å². The van der Waals surface area contributed by atoms with E-state index in [1.807, 2.05) is 24.3 Å². The zero-order chi connectivity index (χ0) is 25.1. The Balaban J connectivity index is 1.09. The Kier molecular flexibility index (Phi) is 7.66. The van der Waals surface area contributed by atoms with Gasteiger partial charge >= 0.3 is 0 Å². The van der Waals surface area contributed by atoms with Crippen LogP contribution >= 0.6 is 11.6 Å². The van der Waals surface area contributed by atoms with Gasteiger partial charge < -0.3 is 20.4 Å². The summed E-state index contributed by atoms with van der Waals surface area (Å²) in [5, 5.41) is 16.2. The number of nitrogens with one attached hydrogen (secondary N) is 2. The molecule has 7 nitrogen and oxygen atoms in total. The fourth-order valence-electron chi connectivity index (χ4n) is 5.60. The molecule has 36 heavy (non-hydrogen) atoms. The number of piperazine rings is 1. The maximum atomic E-state index is 12.9. The minimum atomic E-state index is 0.0135. The second-order valence-electron chi connectivity index (χ2n) is 10.2. The van der Waals surface area contributed by atoms with E-state index in [4.69, 9.17) is 16.9 Å². The number of hydrogen-bond acceptors (Lipinski definition) is 6. The summed E-state index contributed by atoms with van der Waals surface area (Å²) in [6, 6.07) is 17.1. The number of amides is 1.